The first-order valence-corrected chi connectivity index (χ1v) is 6.09. The first kappa shape index (κ1) is 11.9. The Bertz CT molecular complexity index is 336. The molecule has 0 aliphatic heterocycles. The summed E-state index contributed by atoms with van der Waals surface area (Å²) in [7, 11) is 1.91. The van der Waals surface area contributed by atoms with E-state index in [1.54, 1.807) is 6.20 Å². The quantitative estimate of drug-likeness (QED) is 0.740. The molecule has 0 amide bonds. The molecule has 16 heavy (non-hydrogen) atoms. The van der Waals surface area contributed by atoms with E-state index in [1.807, 2.05) is 11.6 Å². The maximum absolute atomic E-state index is 5.88. The molecule has 2 rings (SSSR count). The molecule has 0 spiro atoms. The van der Waals surface area contributed by atoms with E-state index in [0.717, 1.165) is 38.0 Å². The Morgan fingerprint density at radius 3 is 3.06 bits per heavy atom. The van der Waals surface area contributed by atoms with Crippen LogP contribution in [0.15, 0.2) is 6.20 Å². The van der Waals surface area contributed by atoms with Gasteiger partial charge in [-0.1, -0.05) is 11.6 Å². The van der Waals surface area contributed by atoms with Crippen LogP contribution in [-0.2, 0) is 18.3 Å². The molecular weight excluding hydrogens is 226 g/mol. The highest BCUT2D eigenvalue weighted by atomic mass is 35.5. The predicted octanol–water partition coefficient (Wildman–Crippen LogP) is 1.59. The Morgan fingerprint density at radius 2 is 2.44 bits per heavy atom. The van der Waals surface area contributed by atoms with Gasteiger partial charge in [-0.15, -0.1) is 0 Å². The minimum absolute atomic E-state index is 0.668. The summed E-state index contributed by atoms with van der Waals surface area (Å²) < 4.78 is 7.39. The standard InChI is InChI=1S/C11H18ClN3O/c1-15-10(12)6-14-11(15)7-13-4-5-16-8-9-2-3-9/h6,9,13H,2-5,7-8H2,1H3. The third kappa shape index (κ3) is 3.47. The van der Waals surface area contributed by atoms with Gasteiger partial charge in [-0.3, -0.25) is 0 Å². The number of nitrogens with one attached hydrogen (secondary N) is 1. The van der Waals surface area contributed by atoms with Crippen LogP contribution in [-0.4, -0.2) is 29.3 Å². The number of halogens is 1. The molecule has 0 bridgehead atoms. The number of aromatic nitrogens is 2. The average Bonchev–Trinajstić information content (AvgIpc) is 3.04. The highest BCUT2D eigenvalue weighted by Crippen LogP contribution is 2.28. The van der Waals surface area contributed by atoms with Crippen LogP contribution in [0.4, 0.5) is 0 Å². The van der Waals surface area contributed by atoms with Gasteiger partial charge in [0.2, 0.25) is 0 Å². The molecule has 0 atom stereocenters. The highest BCUT2D eigenvalue weighted by Gasteiger charge is 2.20. The monoisotopic (exact) mass is 243 g/mol. The van der Waals surface area contributed by atoms with Crippen molar-refractivity contribution in [2.45, 2.75) is 19.4 Å². The summed E-state index contributed by atoms with van der Waals surface area (Å²) in [5.74, 6) is 1.79. The lowest BCUT2D eigenvalue weighted by atomic mass is 10.5. The molecule has 1 aliphatic carbocycles. The summed E-state index contributed by atoms with van der Waals surface area (Å²) in [6.07, 6.45) is 4.36. The molecule has 0 unspecified atom stereocenters. The molecule has 1 aromatic rings. The van der Waals surface area contributed by atoms with Gasteiger partial charge >= 0.3 is 0 Å². The third-order valence-corrected chi connectivity index (χ3v) is 3.14. The van der Waals surface area contributed by atoms with E-state index in [9.17, 15) is 0 Å². The predicted molar refractivity (Wildman–Crippen MR) is 63.5 cm³/mol. The maximum atomic E-state index is 5.88. The summed E-state index contributed by atoms with van der Waals surface area (Å²) in [5, 5.41) is 3.95. The first-order chi connectivity index (χ1) is 7.77. The van der Waals surface area contributed by atoms with Crippen LogP contribution in [0.5, 0.6) is 0 Å². The minimum Gasteiger partial charge on any atom is -0.380 e. The van der Waals surface area contributed by atoms with Gasteiger partial charge in [0.1, 0.15) is 11.0 Å². The van der Waals surface area contributed by atoms with Crippen molar-refractivity contribution in [2.75, 3.05) is 19.8 Å². The first-order valence-electron chi connectivity index (χ1n) is 5.72. The molecule has 0 aromatic carbocycles. The fourth-order valence-electron chi connectivity index (χ4n) is 1.47. The van der Waals surface area contributed by atoms with Crippen LogP contribution in [0.25, 0.3) is 0 Å². The lowest BCUT2D eigenvalue weighted by Gasteiger charge is -2.06. The Kier molecular flexibility index (Phi) is 4.21. The van der Waals surface area contributed by atoms with Gasteiger partial charge < -0.3 is 14.6 Å². The lowest BCUT2D eigenvalue weighted by molar-refractivity contribution is 0.126. The second-order valence-corrected chi connectivity index (χ2v) is 4.64. The summed E-state index contributed by atoms with van der Waals surface area (Å²) >= 11 is 5.88. The van der Waals surface area contributed by atoms with Crippen LogP contribution in [0.3, 0.4) is 0 Å². The minimum atomic E-state index is 0.668. The van der Waals surface area contributed by atoms with E-state index >= 15 is 0 Å². The van der Waals surface area contributed by atoms with Crippen molar-refractivity contribution in [1.29, 1.82) is 0 Å². The van der Waals surface area contributed by atoms with Crippen LogP contribution in [0, 0.1) is 5.92 Å². The summed E-state index contributed by atoms with van der Waals surface area (Å²) in [4.78, 5) is 4.20. The topological polar surface area (TPSA) is 39.1 Å². The van der Waals surface area contributed by atoms with E-state index in [-0.39, 0.29) is 0 Å². The molecule has 4 nitrogen and oxygen atoms in total. The second-order valence-electron chi connectivity index (χ2n) is 4.25. The maximum Gasteiger partial charge on any atom is 0.128 e. The average molecular weight is 244 g/mol. The van der Waals surface area contributed by atoms with E-state index in [4.69, 9.17) is 16.3 Å². The third-order valence-electron chi connectivity index (χ3n) is 2.78. The molecule has 1 heterocycles. The zero-order valence-electron chi connectivity index (χ0n) is 9.58. The smallest absolute Gasteiger partial charge is 0.128 e. The molecule has 1 aromatic heterocycles. The van der Waals surface area contributed by atoms with Gasteiger partial charge in [-0.2, -0.15) is 0 Å². The highest BCUT2D eigenvalue weighted by molar-refractivity contribution is 6.29. The van der Waals surface area contributed by atoms with E-state index in [0.29, 0.717) is 5.15 Å². The van der Waals surface area contributed by atoms with Crippen LogP contribution in [0.2, 0.25) is 5.15 Å². The SMILES string of the molecule is Cn1c(Cl)cnc1CNCCOCC1CC1. The number of hydrogen-bond donors (Lipinski definition) is 1. The number of ether oxygens (including phenoxy) is 1. The molecular formula is C11H18ClN3O. The van der Waals surface area contributed by atoms with Gasteiger partial charge in [-0.25, -0.2) is 4.98 Å². The second kappa shape index (κ2) is 5.66. The molecule has 1 fully saturated rings. The van der Waals surface area contributed by atoms with Crippen molar-refractivity contribution >= 4 is 11.6 Å². The van der Waals surface area contributed by atoms with Crippen molar-refractivity contribution in [3.05, 3.63) is 17.2 Å². The number of hydrogen-bond acceptors (Lipinski definition) is 3. The zero-order valence-corrected chi connectivity index (χ0v) is 10.3. The van der Waals surface area contributed by atoms with Gasteiger partial charge in [0, 0.05) is 20.2 Å². The molecule has 0 radical (unpaired) electrons. The van der Waals surface area contributed by atoms with Crippen LogP contribution < -0.4 is 5.32 Å². The molecule has 1 aliphatic rings. The van der Waals surface area contributed by atoms with Gasteiger partial charge in [0.25, 0.3) is 0 Å². The Balaban J connectivity index is 1.55. The zero-order chi connectivity index (χ0) is 11.4. The van der Waals surface area contributed by atoms with Gasteiger partial charge in [0.15, 0.2) is 0 Å². The van der Waals surface area contributed by atoms with E-state index in [2.05, 4.69) is 10.3 Å². The summed E-state index contributed by atoms with van der Waals surface area (Å²) in [6, 6.07) is 0. The molecule has 0 saturated heterocycles. The summed E-state index contributed by atoms with van der Waals surface area (Å²) in [5.41, 5.74) is 0. The number of nitrogens with zero attached hydrogens (tertiary/aromatic N) is 2. The van der Waals surface area contributed by atoms with Crippen molar-refractivity contribution < 1.29 is 4.74 Å². The van der Waals surface area contributed by atoms with E-state index < -0.39 is 0 Å². The fraction of sp³-hybridized carbons (Fsp3) is 0.727. The Morgan fingerprint density at radius 1 is 1.62 bits per heavy atom. The largest absolute Gasteiger partial charge is 0.380 e. The van der Waals surface area contributed by atoms with Crippen molar-refractivity contribution in [3.8, 4) is 0 Å². The molecule has 5 heteroatoms. The van der Waals surface area contributed by atoms with Crippen LogP contribution in [0.1, 0.15) is 18.7 Å². The van der Waals surface area contributed by atoms with Crippen molar-refractivity contribution in [3.63, 3.8) is 0 Å². The number of imidazole rings is 1. The van der Waals surface area contributed by atoms with Gasteiger partial charge in [0.05, 0.1) is 19.3 Å². The van der Waals surface area contributed by atoms with Gasteiger partial charge in [-0.05, 0) is 18.8 Å². The Hall–Kier alpha value is -0.580. The molecule has 1 N–H and O–H groups in total. The van der Waals surface area contributed by atoms with E-state index in [1.165, 1.54) is 12.8 Å². The fourth-order valence-corrected chi connectivity index (χ4v) is 1.61. The molecule has 1 saturated carbocycles. The van der Waals surface area contributed by atoms with Crippen LogP contribution >= 0.6 is 11.6 Å². The molecule has 90 valence electrons. The number of rotatable bonds is 7. The Labute approximate surface area is 101 Å². The summed E-state index contributed by atoms with van der Waals surface area (Å²) in [6.45, 7) is 3.29. The van der Waals surface area contributed by atoms with Crippen molar-refractivity contribution in [2.24, 2.45) is 13.0 Å². The van der Waals surface area contributed by atoms with Crippen molar-refractivity contribution in [1.82, 2.24) is 14.9 Å². The normalized spacial score (nSPS) is 15.6. The lowest BCUT2D eigenvalue weighted by Crippen LogP contribution is -2.21.